The summed E-state index contributed by atoms with van der Waals surface area (Å²) in [6, 6.07) is 5.05. The molecule has 4 heteroatoms. The van der Waals surface area contributed by atoms with E-state index < -0.39 is 5.91 Å². The first-order valence-corrected chi connectivity index (χ1v) is 6.20. The van der Waals surface area contributed by atoms with Crippen LogP contribution in [0.25, 0.3) is 0 Å². The molecule has 0 aliphatic carbocycles. The van der Waals surface area contributed by atoms with Gasteiger partial charge in [-0.25, -0.2) is 0 Å². The number of primary amides is 1. The number of nitrogens with two attached hydrogens (primary N) is 1. The van der Waals surface area contributed by atoms with Crippen molar-refractivity contribution in [2.45, 2.75) is 46.3 Å². The molecule has 100 valence electrons. The third-order valence-electron chi connectivity index (χ3n) is 2.45. The van der Waals surface area contributed by atoms with Crippen molar-refractivity contribution < 1.29 is 14.3 Å². The average molecular weight is 251 g/mol. The minimum atomic E-state index is -0.488. The number of hydrogen-bond donors (Lipinski definition) is 1. The Hall–Kier alpha value is -1.71. The van der Waals surface area contributed by atoms with Crippen molar-refractivity contribution in [1.82, 2.24) is 0 Å². The lowest BCUT2D eigenvalue weighted by Gasteiger charge is -2.16. The lowest BCUT2D eigenvalue weighted by Crippen LogP contribution is -2.14. The highest BCUT2D eigenvalue weighted by Gasteiger charge is 2.10. The fourth-order valence-corrected chi connectivity index (χ4v) is 1.44. The second kappa shape index (κ2) is 6.28. The Morgan fingerprint density at radius 1 is 1.17 bits per heavy atom. The van der Waals surface area contributed by atoms with Gasteiger partial charge in [0.1, 0.15) is 11.5 Å². The standard InChI is InChI=1S/C14H21NO3/c1-5-10(4)18-13-7-11(14(15)16)6-12(8-13)17-9(2)3/h6-10H,5H2,1-4H3,(H2,15,16). The molecule has 1 amide bonds. The quantitative estimate of drug-likeness (QED) is 0.845. The molecule has 0 aliphatic rings. The van der Waals surface area contributed by atoms with Gasteiger partial charge < -0.3 is 15.2 Å². The normalized spacial score (nSPS) is 12.3. The molecule has 4 nitrogen and oxygen atoms in total. The molecule has 1 unspecified atom stereocenters. The second-order valence-corrected chi connectivity index (χ2v) is 4.56. The minimum Gasteiger partial charge on any atom is -0.491 e. The minimum absolute atomic E-state index is 0.0320. The molecular weight excluding hydrogens is 230 g/mol. The molecule has 0 bridgehead atoms. The largest absolute Gasteiger partial charge is 0.491 e. The molecule has 0 radical (unpaired) electrons. The van der Waals surface area contributed by atoms with Crippen molar-refractivity contribution in [1.29, 1.82) is 0 Å². The Labute approximate surface area is 108 Å². The second-order valence-electron chi connectivity index (χ2n) is 4.56. The third-order valence-corrected chi connectivity index (χ3v) is 2.45. The van der Waals surface area contributed by atoms with Crippen LogP contribution in [0, 0.1) is 0 Å². The van der Waals surface area contributed by atoms with E-state index in [0.717, 1.165) is 6.42 Å². The molecule has 1 rings (SSSR count). The molecule has 0 aliphatic heterocycles. The van der Waals surface area contributed by atoms with Crippen LogP contribution in [0.2, 0.25) is 0 Å². The summed E-state index contributed by atoms with van der Waals surface area (Å²) in [5.41, 5.74) is 5.69. The van der Waals surface area contributed by atoms with E-state index in [1.807, 2.05) is 27.7 Å². The van der Waals surface area contributed by atoms with Gasteiger partial charge in [0, 0.05) is 11.6 Å². The number of amides is 1. The van der Waals surface area contributed by atoms with Crippen molar-refractivity contribution in [2.24, 2.45) is 5.73 Å². The zero-order valence-corrected chi connectivity index (χ0v) is 11.4. The first kappa shape index (κ1) is 14.4. The molecule has 0 heterocycles. The van der Waals surface area contributed by atoms with Crippen molar-refractivity contribution in [2.75, 3.05) is 0 Å². The van der Waals surface area contributed by atoms with E-state index in [0.29, 0.717) is 17.1 Å². The maximum Gasteiger partial charge on any atom is 0.248 e. The summed E-state index contributed by atoms with van der Waals surface area (Å²) in [5.74, 6) is 0.717. The van der Waals surface area contributed by atoms with Crippen LogP contribution in [-0.2, 0) is 0 Å². The first-order valence-electron chi connectivity index (χ1n) is 6.20. The topological polar surface area (TPSA) is 61.6 Å². The van der Waals surface area contributed by atoms with Crippen LogP contribution in [0.3, 0.4) is 0 Å². The van der Waals surface area contributed by atoms with E-state index in [1.165, 1.54) is 0 Å². The molecule has 0 saturated carbocycles. The monoisotopic (exact) mass is 251 g/mol. The van der Waals surface area contributed by atoms with Gasteiger partial charge in [0.2, 0.25) is 5.91 Å². The zero-order valence-electron chi connectivity index (χ0n) is 11.4. The van der Waals surface area contributed by atoms with E-state index in [-0.39, 0.29) is 12.2 Å². The summed E-state index contributed by atoms with van der Waals surface area (Å²) in [6.45, 7) is 7.85. The van der Waals surface area contributed by atoms with E-state index in [4.69, 9.17) is 15.2 Å². The molecule has 0 aromatic heterocycles. The predicted molar refractivity (Wildman–Crippen MR) is 71.1 cm³/mol. The van der Waals surface area contributed by atoms with Crippen molar-refractivity contribution in [3.05, 3.63) is 23.8 Å². The van der Waals surface area contributed by atoms with Crippen LogP contribution in [0.4, 0.5) is 0 Å². The van der Waals surface area contributed by atoms with Gasteiger partial charge in [0.15, 0.2) is 0 Å². The van der Waals surface area contributed by atoms with Gasteiger partial charge in [-0.2, -0.15) is 0 Å². The summed E-state index contributed by atoms with van der Waals surface area (Å²) >= 11 is 0. The van der Waals surface area contributed by atoms with E-state index in [2.05, 4.69) is 0 Å². The summed E-state index contributed by atoms with van der Waals surface area (Å²) in [6.07, 6.45) is 1.01. The van der Waals surface area contributed by atoms with Crippen LogP contribution in [0.5, 0.6) is 11.5 Å². The fourth-order valence-electron chi connectivity index (χ4n) is 1.44. The Balaban J connectivity index is 3.01. The highest BCUT2D eigenvalue weighted by atomic mass is 16.5. The molecule has 1 atom stereocenters. The lowest BCUT2D eigenvalue weighted by atomic mass is 10.2. The smallest absolute Gasteiger partial charge is 0.248 e. The Morgan fingerprint density at radius 2 is 1.72 bits per heavy atom. The molecule has 2 N–H and O–H groups in total. The number of benzene rings is 1. The zero-order chi connectivity index (χ0) is 13.7. The molecule has 1 aromatic carbocycles. The molecule has 0 spiro atoms. The summed E-state index contributed by atoms with van der Waals surface area (Å²) in [7, 11) is 0. The maximum atomic E-state index is 11.3. The van der Waals surface area contributed by atoms with Crippen LogP contribution in [0.15, 0.2) is 18.2 Å². The van der Waals surface area contributed by atoms with Gasteiger partial charge in [0.05, 0.1) is 12.2 Å². The highest BCUT2D eigenvalue weighted by Crippen LogP contribution is 2.25. The highest BCUT2D eigenvalue weighted by molar-refractivity contribution is 5.93. The summed E-state index contributed by atoms with van der Waals surface area (Å²) in [4.78, 5) is 11.3. The van der Waals surface area contributed by atoms with Gasteiger partial charge in [-0.1, -0.05) is 6.92 Å². The number of carbonyl (C=O) groups is 1. The Morgan fingerprint density at radius 3 is 2.17 bits per heavy atom. The number of ether oxygens (including phenoxy) is 2. The fraction of sp³-hybridized carbons (Fsp3) is 0.500. The van der Waals surface area contributed by atoms with Crippen molar-refractivity contribution >= 4 is 5.91 Å². The first-order chi connectivity index (χ1) is 8.42. The molecule has 0 saturated heterocycles. The molecule has 0 fully saturated rings. The van der Waals surface area contributed by atoms with Gasteiger partial charge in [0.25, 0.3) is 0 Å². The number of rotatable bonds is 6. The molecule has 1 aromatic rings. The van der Waals surface area contributed by atoms with Gasteiger partial charge in [-0.15, -0.1) is 0 Å². The maximum absolute atomic E-state index is 11.3. The molecule has 18 heavy (non-hydrogen) atoms. The van der Waals surface area contributed by atoms with E-state index in [1.54, 1.807) is 18.2 Å². The van der Waals surface area contributed by atoms with Gasteiger partial charge in [-0.05, 0) is 39.3 Å². The molecular formula is C14H21NO3. The number of carbonyl (C=O) groups excluding carboxylic acids is 1. The Kier molecular flexibility index (Phi) is 5.01. The van der Waals surface area contributed by atoms with E-state index >= 15 is 0 Å². The lowest BCUT2D eigenvalue weighted by molar-refractivity contribution is 0.0998. The average Bonchev–Trinajstić information content (AvgIpc) is 2.27. The summed E-state index contributed by atoms with van der Waals surface area (Å²) in [5, 5.41) is 0. The van der Waals surface area contributed by atoms with Gasteiger partial charge in [-0.3, -0.25) is 4.79 Å². The van der Waals surface area contributed by atoms with Crippen molar-refractivity contribution in [3.63, 3.8) is 0 Å². The Bertz CT molecular complexity index is 416. The van der Waals surface area contributed by atoms with Crippen molar-refractivity contribution in [3.8, 4) is 11.5 Å². The number of hydrogen-bond acceptors (Lipinski definition) is 3. The van der Waals surface area contributed by atoms with E-state index in [9.17, 15) is 4.79 Å². The summed E-state index contributed by atoms with van der Waals surface area (Å²) < 4.78 is 11.3. The van der Waals surface area contributed by atoms with Crippen LogP contribution < -0.4 is 15.2 Å². The predicted octanol–water partition coefficient (Wildman–Crippen LogP) is 2.75. The SMILES string of the molecule is CCC(C)Oc1cc(OC(C)C)cc(C(N)=O)c1. The van der Waals surface area contributed by atoms with Gasteiger partial charge >= 0.3 is 0 Å². The van der Waals surface area contributed by atoms with Crippen LogP contribution in [0.1, 0.15) is 44.5 Å². The van der Waals surface area contributed by atoms with Crippen LogP contribution >= 0.6 is 0 Å². The van der Waals surface area contributed by atoms with Crippen LogP contribution in [-0.4, -0.2) is 18.1 Å². The third kappa shape index (κ3) is 4.28.